The van der Waals surface area contributed by atoms with Crippen LogP contribution in [0.25, 0.3) is 0 Å². The highest BCUT2D eigenvalue weighted by atomic mass is 15.0. The van der Waals surface area contributed by atoms with E-state index in [0.717, 1.165) is 12.0 Å². The van der Waals surface area contributed by atoms with Gasteiger partial charge in [0.2, 0.25) is 0 Å². The maximum absolute atomic E-state index is 3.73. The lowest BCUT2D eigenvalue weighted by atomic mass is 9.90. The molecule has 14 heavy (non-hydrogen) atoms. The van der Waals surface area contributed by atoms with Crippen LogP contribution >= 0.6 is 0 Å². The van der Waals surface area contributed by atoms with E-state index >= 15 is 0 Å². The zero-order valence-corrected chi connectivity index (χ0v) is 9.60. The van der Waals surface area contributed by atoms with Crippen LogP contribution in [0.1, 0.15) is 39.5 Å². The lowest BCUT2D eigenvalue weighted by Crippen LogP contribution is -2.35. The van der Waals surface area contributed by atoms with Crippen molar-refractivity contribution in [3.05, 3.63) is 0 Å². The number of hydrogen-bond acceptors (Lipinski definition) is 2. The summed E-state index contributed by atoms with van der Waals surface area (Å²) in [6.45, 7) is 8.31. The molecule has 1 saturated heterocycles. The van der Waals surface area contributed by atoms with Gasteiger partial charge in [-0.1, -0.05) is 20.3 Å². The van der Waals surface area contributed by atoms with Crippen molar-refractivity contribution in [3.63, 3.8) is 0 Å². The Balaban J connectivity index is 1.63. The predicted molar refractivity (Wildman–Crippen MR) is 60.4 cm³/mol. The van der Waals surface area contributed by atoms with E-state index < -0.39 is 0 Å². The number of hydrogen-bond donors (Lipinski definition) is 2. The quantitative estimate of drug-likeness (QED) is 0.700. The summed E-state index contributed by atoms with van der Waals surface area (Å²) in [5, 5.41) is 7.19. The molecule has 0 aromatic heterocycles. The molecule has 1 aliphatic carbocycles. The fourth-order valence-electron chi connectivity index (χ4n) is 2.58. The van der Waals surface area contributed by atoms with E-state index in [9.17, 15) is 0 Å². The summed E-state index contributed by atoms with van der Waals surface area (Å²) in [6.07, 6.45) is 5.54. The molecule has 2 rings (SSSR count). The summed E-state index contributed by atoms with van der Waals surface area (Å²) in [5.41, 5.74) is 0.527. The molecule has 1 aliphatic heterocycles. The zero-order valence-electron chi connectivity index (χ0n) is 9.60. The van der Waals surface area contributed by atoms with Crippen LogP contribution in [0.3, 0.4) is 0 Å². The van der Waals surface area contributed by atoms with Gasteiger partial charge in [-0.15, -0.1) is 0 Å². The van der Waals surface area contributed by atoms with E-state index in [-0.39, 0.29) is 0 Å². The van der Waals surface area contributed by atoms with E-state index in [2.05, 4.69) is 24.5 Å². The molecule has 0 aromatic carbocycles. The molecule has 1 saturated carbocycles. The zero-order chi connectivity index (χ0) is 10.0. The minimum absolute atomic E-state index is 0.527. The van der Waals surface area contributed by atoms with E-state index in [1.54, 1.807) is 0 Å². The van der Waals surface area contributed by atoms with Crippen molar-refractivity contribution < 1.29 is 0 Å². The van der Waals surface area contributed by atoms with Crippen LogP contribution in [0.5, 0.6) is 0 Å². The standard InChI is InChI=1S/C12H24N2/c1-3-4-10-7-11(10)14-9-12(2)5-6-13-8-12/h10-11,13-14H,3-9H2,1-2H3. The van der Waals surface area contributed by atoms with Crippen LogP contribution in [0, 0.1) is 11.3 Å². The Bertz CT molecular complexity index is 185. The first-order valence-corrected chi connectivity index (χ1v) is 6.18. The van der Waals surface area contributed by atoms with Crippen LogP contribution in [0.2, 0.25) is 0 Å². The Hall–Kier alpha value is -0.0800. The van der Waals surface area contributed by atoms with Gasteiger partial charge in [-0.2, -0.15) is 0 Å². The van der Waals surface area contributed by atoms with Gasteiger partial charge in [0, 0.05) is 19.1 Å². The van der Waals surface area contributed by atoms with Gasteiger partial charge in [0.25, 0.3) is 0 Å². The minimum atomic E-state index is 0.527. The van der Waals surface area contributed by atoms with Gasteiger partial charge in [-0.05, 0) is 37.1 Å². The van der Waals surface area contributed by atoms with E-state index in [4.69, 9.17) is 0 Å². The summed E-state index contributed by atoms with van der Waals surface area (Å²) in [4.78, 5) is 0. The summed E-state index contributed by atoms with van der Waals surface area (Å²) in [7, 11) is 0. The number of rotatable bonds is 5. The SMILES string of the molecule is CCCC1CC1NCC1(C)CCNC1. The fourth-order valence-corrected chi connectivity index (χ4v) is 2.58. The molecule has 2 aliphatic rings. The minimum Gasteiger partial charge on any atom is -0.316 e. The van der Waals surface area contributed by atoms with E-state index in [0.29, 0.717) is 5.41 Å². The monoisotopic (exact) mass is 196 g/mol. The third kappa shape index (κ3) is 2.48. The highest BCUT2D eigenvalue weighted by molar-refractivity contribution is 4.95. The molecule has 3 atom stereocenters. The van der Waals surface area contributed by atoms with Gasteiger partial charge in [-0.3, -0.25) is 0 Å². The van der Waals surface area contributed by atoms with E-state index in [1.165, 1.54) is 45.3 Å². The maximum Gasteiger partial charge on any atom is 0.00993 e. The summed E-state index contributed by atoms with van der Waals surface area (Å²) in [5.74, 6) is 0.998. The van der Waals surface area contributed by atoms with Gasteiger partial charge in [0.1, 0.15) is 0 Å². The van der Waals surface area contributed by atoms with Gasteiger partial charge < -0.3 is 10.6 Å². The molecule has 82 valence electrons. The Kier molecular flexibility index (Phi) is 3.13. The summed E-state index contributed by atoms with van der Waals surface area (Å²) in [6, 6.07) is 0.854. The second-order valence-electron chi connectivity index (χ2n) is 5.51. The summed E-state index contributed by atoms with van der Waals surface area (Å²) >= 11 is 0. The third-order valence-electron chi connectivity index (χ3n) is 3.83. The average Bonchev–Trinajstić information content (AvgIpc) is 2.76. The largest absolute Gasteiger partial charge is 0.316 e. The molecular formula is C12H24N2. The molecule has 2 heteroatoms. The van der Waals surface area contributed by atoms with Crippen LogP contribution in [0.4, 0.5) is 0 Å². The Labute approximate surface area is 87.8 Å². The van der Waals surface area contributed by atoms with Crippen molar-refractivity contribution in [2.45, 2.75) is 45.6 Å². The highest BCUT2D eigenvalue weighted by Gasteiger charge is 2.37. The molecule has 0 bridgehead atoms. The Morgan fingerprint density at radius 1 is 1.50 bits per heavy atom. The molecule has 0 radical (unpaired) electrons. The van der Waals surface area contributed by atoms with Crippen molar-refractivity contribution >= 4 is 0 Å². The fraction of sp³-hybridized carbons (Fsp3) is 1.00. The van der Waals surface area contributed by atoms with Crippen molar-refractivity contribution in [2.75, 3.05) is 19.6 Å². The first kappa shape index (κ1) is 10.4. The normalized spacial score (nSPS) is 41.6. The molecule has 0 amide bonds. The number of nitrogens with one attached hydrogen (secondary N) is 2. The molecular weight excluding hydrogens is 172 g/mol. The van der Waals surface area contributed by atoms with Crippen LogP contribution in [0.15, 0.2) is 0 Å². The van der Waals surface area contributed by atoms with Crippen molar-refractivity contribution in [1.29, 1.82) is 0 Å². The first-order valence-electron chi connectivity index (χ1n) is 6.18. The molecule has 2 N–H and O–H groups in total. The summed E-state index contributed by atoms with van der Waals surface area (Å²) < 4.78 is 0. The van der Waals surface area contributed by atoms with Crippen molar-refractivity contribution in [2.24, 2.45) is 11.3 Å². The lowest BCUT2D eigenvalue weighted by Gasteiger charge is -2.23. The van der Waals surface area contributed by atoms with Crippen molar-refractivity contribution in [1.82, 2.24) is 10.6 Å². The van der Waals surface area contributed by atoms with Crippen LogP contribution in [-0.4, -0.2) is 25.7 Å². The van der Waals surface area contributed by atoms with Crippen molar-refractivity contribution in [3.8, 4) is 0 Å². The predicted octanol–water partition coefficient (Wildman–Crippen LogP) is 1.76. The van der Waals surface area contributed by atoms with Crippen LogP contribution < -0.4 is 10.6 Å². The second kappa shape index (κ2) is 4.19. The third-order valence-corrected chi connectivity index (χ3v) is 3.83. The lowest BCUT2D eigenvalue weighted by molar-refractivity contribution is 0.335. The maximum atomic E-state index is 3.73. The smallest absolute Gasteiger partial charge is 0.00993 e. The molecule has 2 fully saturated rings. The highest BCUT2D eigenvalue weighted by Crippen LogP contribution is 2.35. The Morgan fingerprint density at radius 2 is 2.36 bits per heavy atom. The molecule has 0 aromatic rings. The molecule has 1 heterocycles. The molecule has 0 spiro atoms. The first-order chi connectivity index (χ1) is 6.73. The topological polar surface area (TPSA) is 24.1 Å². The van der Waals surface area contributed by atoms with Gasteiger partial charge in [-0.25, -0.2) is 0 Å². The Morgan fingerprint density at radius 3 is 3.00 bits per heavy atom. The average molecular weight is 196 g/mol. The molecule has 2 nitrogen and oxygen atoms in total. The second-order valence-corrected chi connectivity index (χ2v) is 5.51. The van der Waals surface area contributed by atoms with Gasteiger partial charge >= 0.3 is 0 Å². The van der Waals surface area contributed by atoms with Crippen LogP contribution in [-0.2, 0) is 0 Å². The van der Waals surface area contributed by atoms with E-state index in [1.807, 2.05) is 0 Å². The molecule has 3 unspecified atom stereocenters. The van der Waals surface area contributed by atoms with Gasteiger partial charge in [0.05, 0.1) is 0 Å². The van der Waals surface area contributed by atoms with Gasteiger partial charge in [0.15, 0.2) is 0 Å².